The van der Waals surface area contributed by atoms with E-state index in [2.05, 4.69) is 103 Å². The highest BCUT2D eigenvalue weighted by Gasteiger charge is 2.13. The predicted molar refractivity (Wildman–Crippen MR) is 118 cm³/mol. The number of hydrogen-bond donors (Lipinski definition) is 0. The van der Waals surface area contributed by atoms with E-state index in [0.717, 1.165) is 23.3 Å². The molecule has 0 saturated heterocycles. The summed E-state index contributed by atoms with van der Waals surface area (Å²) in [4.78, 5) is 5.03. The summed E-state index contributed by atoms with van der Waals surface area (Å²) in [6.45, 7) is 4.35. The first-order valence-corrected chi connectivity index (χ1v) is 9.80. The van der Waals surface area contributed by atoms with Crippen LogP contribution in [-0.2, 0) is 6.42 Å². The van der Waals surface area contributed by atoms with Gasteiger partial charge in [0, 0.05) is 23.5 Å². The highest BCUT2D eigenvalue weighted by atomic mass is 15.0. The average Bonchev–Trinajstić information content (AvgIpc) is 3.17. The highest BCUT2D eigenvalue weighted by molar-refractivity contribution is 5.87. The van der Waals surface area contributed by atoms with Crippen LogP contribution >= 0.6 is 0 Å². The Bertz CT molecular complexity index is 1310. The molecule has 0 aliphatic heterocycles. The molecule has 0 fully saturated rings. The Labute approximate surface area is 165 Å². The van der Waals surface area contributed by atoms with Crippen LogP contribution in [0.4, 0.5) is 0 Å². The van der Waals surface area contributed by atoms with Gasteiger partial charge in [0.25, 0.3) is 0 Å². The molecule has 0 saturated carbocycles. The van der Waals surface area contributed by atoms with Gasteiger partial charge in [-0.3, -0.25) is 0 Å². The zero-order valence-corrected chi connectivity index (χ0v) is 16.2. The number of rotatable bonds is 3. The lowest BCUT2D eigenvalue weighted by molar-refractivity contribution is 1.09. The van der Waals surface area contributed by atoms with Gasteiger partial charge < -0.3 is 4.40 Å². The van der Waals surface area contributed by atoms with Crippen LogP contribution in [0.1, 0.15) is 18.1 Å². The van der Waals surface area contributed by atoms with Crippen molar-refractivity contribution in [3.05, 3.63) is 96.3 Å². The van der Waals surface area contributed by atoms with E-state index in [-0.39, 0.29) is 0 Å². The van der Waals surface area contributed by atoms with Crippen LogP contribution in [0.3, 0.4) is 0 Å². The van der Waals surface area contributed by atoms with Gasteiger partial charge in [-0.15, -0.1) is 0 Å². The van der Waals surface area contributed by atoms with Crippen molar-refractivity contribution in [3.63, 3.8) is 0 Å². The Balaban J connectivity index is 1.68. The van der Waals surface area contributed by atoms with Gasteiger partial charge in [-0.2, -0.15) is 0 Å². The van der Waals surface area contributed by atoms with Gasteiger partial charge in [0.15, 0.2) is 0 Å². The summed E-state index contributed by atoms with van der Waals surface area (Å²) in [7, 11) is 0. The van der Waals surface area contributed by atoms with Crippen LogP contribution in [0.5, 0.6) is 0 Å². The van der Waals surface area contributed by atoms with Crippen LogP contribution in [-0.4, -0.2) is 9.38 Å². The number of nitrogens with zero attached hydrogens (tertiary/aromatic N) is 2. The Morgan fingerprint density at radius 2 is 1.68 bits per heavy atom. The molecule has 136 valence electrons. The molecule has 0 atom stereocenters. The van der Waals surface area contributed by atoms with Gasteiger partial charge in [0.1, 0.15) is 5.65 Å². The second kappa shape index (κ2) is 6.65. The number of aromatic nitrogens is 2. The summed E-state index contributed by atoms with van der Waals surface area (Å²) < 4.78 is 2.16. The van der Waals surface area contributed by atoms with Gasteiger partial charge in [0.05, 0.1) is 5.69 Å². The molecule has 0 unspecified atom stereocenters. The second-order valence-corrected chi connectivity index (χ2v) is 7.35. The van der Waals surface area contributed by atoms with Gasteiger partial charge in [-0.1, -0.05) is 73.2 Å². The highest BCUT2D eigenvalue weighted by Crippen LogP contribution is 2.30. The minimum atomic E-state index is 0.946. The normalized spacial score (nSPS) is 11.4. The Morgan fingerprint density at radius 3 is 2.50 bits per heavy atom. The maximum atomic E-state index is 5.03. The first-order valence-electron chi connectivity index (χ1n) is 9.80. The molecule has 2 heterocycles. The fraction of sp³-hybridized carbons (Fsp3) is 0.115. The van der Waals surface area contributed by atoms with Gasteiger partial charge in [-0.25, -0.2) is 4.98 Å². The standard InChI is InChI=1S/C26H22N2/c1-3-23-24(21-10-6-7-18(2)15-21)13-14-28-17-25(27-26(23)28)22-12-11-19-8-4-5-9-20(19)16-22/h4-17H,3H2,1-2H3. The maximum absolute atomic E-state index is 5.03. The molecule has 2 heteroatoms. The van der Waals surface area contributed by atoms with Crippen LogP contribution in [0.2, 0.25) is 0 Å². The molecule has 5 rings (SSSR count). The van der Waals surface area contributed by atoms with E-state index >= 15 is 0 Å². The molecule has 0 amide bonds. The first-order chi connectivity index (χ1) is 13.7. The first kappa shape index (κ1) is 16.8. The summed E-state index contributed by atoms with van der Waals surface area (Å²) in [6, 6.07) is 25.9. The smallest absolute Gasteiger partial charge is 0.141 e. The third-order valence-corrected chi connectivity index (χ3v) is 5.46. The maximum Gasteiger partial charge on any atom is 0.141 e. The average molecular weight is 362 g/mol. The summed E-state index contributed by atoms with van der Waals surface area (Å²) >= 11 is 0. The Hall–Kier alpha value is -3.39. The molecule has 3 aromatic carbocycles. The van der Waals surface area contributed by atoms with Gasteiger partial charge in [0.2, 0.25) is 0 Å². The quantitative estimate of drug-likeness (QED) is 0.349. The zero-order chi connectivity index (χ0) is 19.1. The fourth-order valence-electron chi connectivity index (χ4n) is 4.03. The van der Waals surface area contributed by atoms with Crippen LogP contribution in [0.25, 0.3) is 38.8 Å². The van der Waals surface area contributed by atoms with E-state index in [4.69, 9.17) is 4.98 Å². The van der Waals surface area contributed by atoms with Crippen LogP contribution in [0, 0.1) is 6.92 Å². The Morgan fingerprint density at radius 1 is 0.821 bits per heavy atom. The molecule has 0 N–H and O–H groups in total. The van der Waals surface area contributed by atoms with E-state index in [0.29, 0.717) is 0 Å². The molecule has 0 bridgehead atoms. The topological polar surface area (TPSA) is 17.3 Å². The third-order valence-electron chi connectivity index (χ3n) is 5.46. The molecular formula is C26H22N2. The monoisotopic (exact) mass is 362 g/mol. The van der Waals surface area contributed by atoms with Crippen molar-refractivity contribution in [2.24, 2.45) is 0 Å². The van der Waals surface area contributed by atoms with Crippen LogP contribution in [0.15, 0.2) is 85.2 Å². The summed E-state index contributed by atoms with van der Waals surface area (Å²) in [6.07, 6.45) is 5.21. The van der Waals surface area contributed by atoms with Crippen molar-refractivity contribution < 1.29 is 0 Å². The molecule has 0 aliphatic rings. The summed E-state index contributed by atoms with van der Waals surface area (Å²) in [5.74, 6) is 0. The van der Waals surface area contributed by atoms with E-state index < -0.39 is 0 Å². The minimum absolute atomic E-state index is 0.946. The molecule has 0 spiro atoms. The van der Waals surface area contributed by atoms with Crippen molar-refractivity contribution in [3.8, 4) is 22.4 Å². The number of fused-ring (bicyclic) bond motifs is 2. The lowest BCUT2D eigenvalue weighted by Gasteiger charge is -2.10. The zero-order valence-electron chi connectivity index (χ0n) is 16.2. The molecule has 28 heavy (non-hydrogen) atoms. The molecule has 2 nitrogen and oxygen atoms in total. The Kier molecular flexibility index (Phi) is 3.98. The summed E-state index contributed by atoms with van der Waals surface area (Å²) in [5, 5.41) is 2.50. The molecular weight excluding hydrogens is 340 g/mol. The molecule has 0 radical (unpaired) electrons. The van der Waals surface area contributed by atoms with E-state index in [1.54, 1.807) is 0 Å². The molecule has 2 aromatic heterocycles. The number of hydrogen-bond acceptors (Lipinski definition) is 1. The number of aryl methyl sites for hydroxylation is 2. The van der Waals surface area contributed by atoms with Gasteiger partial charge >= 0.3 is 0 Å². The minimum Gasteiger partial charge on any atom is -0.306 e. The van der Waals surface area contributed by atoms with Crippen molar-refractivity contribution in [2.45, 2.75) is 20.3 Å². The number of imidazole rings is 1. The second-order valence-electron chi connectivity index (χ2n) is 7.35. The van der Waals surface area contributed by atoms with E-state index in [9.17, 15) is 0 Å². The van der Waals surface area contributed by atoms with Crippen molar-refractivity contribution >= 4 is 16.4 Å². The fourth-order valence-corrected chi connectivity index (χ4v) is 4.03. The van der Waals surface area contributed by atoms with Crippen molar-refractivity contribution in [1.29, 1.82) is 0 Å². The number of benzene rings is 3. The van der Waals surface area contributed by atoms with E-state index in [1.807, 2.05) is 0 Å². The van der Waals surface area contributed by atoms with Crippen molar-refractivity contribution in [2.75, 3.05) is 0 Å². The lowest BCUT2D eigenvalue weighted by Crippen LogP contribution is -1.95. The lowest BCUT2D eigenvalue weighted by atomic mass is 9.98. The van der Waals surface area contributed by atoms with Crippen molar-refractivity contribution in [1.82, 2.24) is 9.38 Å². The molecule has 0 aliphatic carbocycles. The largest absolute Gasteiger partial charge is 0.306 e. The molecule has 5 aromatic rings. The van der Waals surface area contributed by atoms with Gasteiger partial charge in [-0.05, 0) is 47.4 Å². The van der Waals surface area contributed by atoms with Crippen LogP contribution < -0.4 is 0 Å². The van der Waals surface area contributed by atoms with E-state index in [1.165, 1.54) is 33.0 Å². The summed E-state index contributed by atoms with van der Waals surface area (Å²) in [5.41, 5.74) is 8.32. The SMILES string of the molecule is CCc1c(-c2cccc(C)c2)ccn2cc(-c3ccc4ccccc4c3)nc12. The number of pyridine rings is 1. The predicted octanol–water partition coefficient (Wildman–Crippen LogP) is 6.69. The third kappa shape index (κ3) is 2.78.